The average Bonchev–Trinajstić information content (AvgIpc) is 2.69. The minimum Gasteiger partial charge on any atom is -0.381 e. The summed E-state index contributed by atoms with van der Waals surface area (Å²) in [6, 6.07) is 6.23. The number of rotatable bonds is 6. The zero-order valence-electron chi connectivity index (χ0n) is 16.0. The molecule has 1 aromatic rings. The molecule has 0 spiro atoms. The summed E-state index contributed by atoms with van der Waals surface area (Å²) in [6.07, 6.45) is 4.79. The minimum atomic E-state index is -1.08. The maximum Gasteiger partial charge on any atom is 0.127 e. The Kier molecular flexibility index (Phi) is 7.54. The van der Waals surface area contributed by atoms with E-state index in [1.165, 1.54) is 10.5 Å². The van der Waals surface area contributed by atoms with E-state index in [0.29, 0.717) is 12.2 Å². The Morgan fingerprint density at radius 1 is 1.00 bits per heavy atom. The number of hydrogen-bond donors (Lipinski definition) is 0. The summed E-state index contributed by atoms with van der Waals surface area (Å²) in [5.74, 6) is 0. The fourth-order valence-corrected chi connectivity index (χ4v) is 5.82. The van der Waals surface area contributed by atoms with Crippen molar-refractivity contribution in [3.05, 3.63) is 23.8 Å². The first kappa shape index (κ1) is 20.3. The fraction of sp³-hybridized carbons (Fsp3) is 0.684. The van der Waals surface area contributed by atoms with Crippen molar-refractivity contribution in [2.45, 2.75) is 54.6 Å². The predicted octanol–water partition coefficient (Wildman–Crippen LogP) is 3.25. The highest BCUT2D eigenvalue weighted by Crippen LogP contribution is 2.31. The topological polar surface area (TPSA) is 42.0 Å². The molecule has 146 valence electrons. The maximum absolute atomic E-state index is 12.9. The minimum absolute atomic E-state index is 0.311. The van der Waals surface area contributed by atoms with Crippen LogP contribution in [-0.4, -0.2) is 65.4 Å². The van der Waals surface area contributed by atoms with Crippen LogP contribution in [-0.2, 0) is 20.5 Å². The van der Waals surface area contributed by atoms with E-state index in [4.69, 9.17) is 9.47 Å². The first-order valence-corrected chi connectivity index (χ1v) is 11.2. The lowest BCUT2D eigenvalue weighted by atomic mass is 10.1. The van der Waals surface area contributed by atoms with Crippen LogP contribution in [0.1, 0.15) is 31.2 Å². The largest absolute Gasteiger partial charge is 0.381 e. The van der Waals surface area contributed by atoms with Crippen LogP contribution in [0.15, 0.2) is 28.0 Å². The van der Waals surface area contributed by atoms with Crippen LogP contribution < -0.4 is 0 Å². The van der Waals surface area contributed by atoms with E-state index in [-0.39, 0.29) is 0 Å². The van der Waals surface area contributed by atoms with Crippen LogP contribution in [0.25, 0.3) is 0 Å². The first-order chi connectivity index (χ1) is 12.6. The molecule has 0 amide bonds. The summed E-state index contributed by atoms with van der Waals surface area (Å²) in [7, 11) is 2.48. The third kappa shape index (κ3) is 5.09. The van der Waals surface area contributed by atoms with Gasteiger partial charge in [0.1, 0.15) is 11.0 Å². The van der Waals surface area contributed by atoms with Crippen molar-refractivity contribution < 1.29 is 13.7 Å². The molecule has 0 aliphatic carbocycles. The van der Waals surface area contributed by atoms with Crippen LogP contribution in [0.5, 0.6) is 0 Å². The summed E-state index contributed by atoms with van der Waals surface area (Å²) in [5.41, 5.74) is 1.20. The van der Waals surface area contributed by atoms with Gasteiger partial charge in [-0.1, -0.05) is 0 Å². The zero-order valence-corrected chi connectivity index (χ0v) is 17.6. The third-order valence-electron chi connectivity index (χ3n) is 5.28. The van der Waals surface area contributed by atoms with Crippen molar-refractivity contribution in [3.63, 3.8) is 0 Å². The van der Waals surface area contributed by atoms with E-state index in [1.54, 1.807) is 14.2 Å². The molecule has 0 N–H and O–H groups in total. The molecule has 2 aliphatic rings. The molecule has 0 saturated carbocycles. The van der Waals surface area contributed by atoms with Crippen LogP contribution >= 0.6 is 11.9 Å². The molecule has 3 rings (SSSR count). The second-order valence-electron chi connectivity index (χ2n) is 7.00. The number of hydrogen-bond acceptors (Lipinski definition) is 5. The quantitative estimate of drug-likeness (QED) is 0.688. The second kappa shape index (κ2) is 9.66. The Morgan fingerprint density at radius 3 is 2.12 bits per heavy atom. The van der Waals surface area contributed by atoms with Gasteiger partial charge in [0.2, 0.25) is 0 Å². The van der Waals surface area contributed by atoms with Gasteiger partial charge in [-0.05, 0) is 68.3 Å². The fourth-order valence-electron chi connectivity index (χ4n) is 3.51. The molecule has 2 aliphatic heterocycles. The van der Waals surface area contributed by atoms with Crippen LogP contribution in [0.4, 0.5) is 0 Å². The smallest absolute Gasteiger partial charge is 0.127 e. The lowest BCUT2D eigenvalue weighted by molar-refractivity contribution is 0.0614. The lowest BCUT2D eigenvalue weighted by Crippen LogP contribution is -2.37. The molecule has 0 bridgehead atoms. The molecule has 1 aromatic carbocycles. The van der Waals surface area contributed by atoms with Crippen LogP contribution in [0.3, 0.4) is 0 Å². The molecule has 2 saturated heterocycles. The Balaban J connectivity index is 1.58. The van der Waals surface area contributed by atoms with Crippen molar-refractivity contribution in [3.8, 4) is 0 Å². The standard InChI is InChI=1S/C19H30N2O3S2/c1-15-14-18(26(22)21-12-8-17(24-3)9-13-21)4-5-19(15)25-20-10-6-16(23-2)7-11-20/h4-5,14,16-17H,6-13H2,1-3H3. The van der Waals surface area contributed by atoms with Gasteiger partial charge in [-0.3, -0.25) is 0 Å². The molecule has 1 atom stereocenters. The Bertz CT molecular complexity index is 613. The Labute approximate surface area is 164 Å². The summed E-state index contributed by atoms with van der Waals surface area (Å²) in [4.78, 5) is 2.15. The van der Waals surface area contributed by atoms with Gasteiger partial charge in [-0.15, -0.1) is 0 Å². The van der Waals surface area contributed by atoms with E-state index < -0.39 is 11.0 Å². The van der Waals surface area contributed by atoms with E-state index in [2.05, 4.69) is 27.7 Å². The number of methoxy groups -OCH3 is 2. The zero-order chi connectivity index (χ0) is 18.5. The molecule has 1 unspecified atom stereocenters. The highest BCUT2D eigenvalue weighted by molar-refractivity contribution is 7.97. The van der Waals surface area contributed by atoms with Crippen molar-refractivity contribution in [1.82, 2.24) is 8.61 Å². The van der Waals surface area contributed by atoms with E-state index >= 15 is 0 Å². The van der Waals surface area contributed by atoms with E-state index in [1.807, 2.05) is 18.0 Å². The number of nitrogens with zero attached hydrogens (tertiary/aromatic N) is 2. The SMILES string of the molecule is COC1CCN(Sc2ccc(S(=O)N3CCC(OC)CC3)cc2C)CC1. The molecule has 0 radical (unpaired) electrons. The van der Waals surface area contributed by atoms with Gasteiger partial charge in [0.25, 0.3) is 0 Å². The number of aryl methyl sites for hydroxylation is 1. The predicted molar refractivity (Wildman–Crippen MR) is 107 cm³/mol. The number of benzene rings is 1. The highest BCUT2D eigenvalue weighted by atomic mass is 32.2. The van der Waals surface area contributed by atoms with Gasteiger partial charge < -0.3 is 9.47 Å². The van der Waals surface area contributed by atoms with Crippen molar-refractivity contribution in [2.24, 2.45) is 0 Å². The summed E-state index contributed by atoms with van der Waals surface area (Å²) < 4.78 is 28.2. The molecular formula is C19H30N2O3S2. The highest BCUT2D eigenvalue weighted by Gasteiger charge is 2.24. The first-order valence-electron chi connectivity index (χ1n) is 9.36. The molecular weight excluding hydrogens is 368 g/mol. The van der Waals surface area contributed by atoms with Gasteiger partial charge in [0.15, 0.2) is 0 Å². The number of ether oxygens (including phenoxy) is 2. The summed E-state index contributed by atoms with van der Waals surface area (Å²) in [6.45, 7) is 5.86. The van der Waals surface area contributed by atoms with Gasteiger partial charge >= 0.3 is 0 Å². The molecule has 2 fully saturated rings. The average molecular weight is 399 g/mol. The van der Waals surface area contributed by atoms with Crippen molar-refractivity contribution in [2.75, 3.05) is 40.4 Å². The summed E-state index contributed by atoms with van der Waals surface area (Å²) in [5, 5.41) is 0. The second-order valence-corrected chi connectivity index (χ2v) is 9.62. The van der Waals surface area contributed by atoms with Gasteiger partial charge in [0.05, 0.1) is 17.1 Å². The maximum atomic E-state index is 12.9. The molecule has 26 heavy (non-hydrogen) atoms. The van der Waals surface area contributed by atoms with Gasteiger partial charge in [-0.2, -0.15) is 0 Å². The van der Waals surface area contributed by atoms with Gasteiger partial charge in [0, 0.05) is 45.3 Å². The Morgan fingerprint density at radius 2 is 1.58 bits per heavy atom. The molecule has 5 nitrogen and oxygen atoms in total. The van der Waals surface area contributed by atoms with Gasteiger partial charge in [-0.25, -0.2) is 12.8 Å². The van der Waals surface area contributed by atoms with Crippen LogP contribution in [0, 0.1) is 6.92 Å². The summed E-state index contributed by atoms with van der Waals surface area (Å²) >= 11 is 1.81. The normalized spacial score (nSPS) is 22.6. The van der Waals surface area contributed by atoms with E-state index in [9.17, 15) is 4.21 Å². The number of piperidine rings is 2. The molecule has 7 heteroatoms. The van der Waals surface area contributed by atoms with Crippen molar-refractivity contribution >= 4 is 22.9 Å². The van der Waals surface area contributed by atoms with Crippen molar-refractivity contribution in [1.29, 1.82) is 0 Å². The Hall–Kier alpha value is -0.440. The molecule has 0 aromatic heterocycles. The molecule has 2 heterocycles. The third-order valence-corrected chi connectivity index (χ3v) is 8.05. The monoisotopic (exact) mass is 398 g/mol. The lowest BCUT2D eigenvalue weighted by Gasteiger charge is -2.31. The van der Waals surface area contributed by atoms with Crippen LogP contribution in [0.2, 0.25) is 0 Å². The van der Waals surface area contributed by atoms with E-state index in [0.717, 1.165) is 56.8 Å².